The average molecular weight is 475 g/mol. The van der Waals surface area contributed by atoms with Gasteiger partial charge in [-0.3, -0.25) is 9.89 Å². The number of nitrogens with zero attached hydrogens (tertiary/aromatic N) is 4. The summed E-state index contributed by atoms with van der Waals surface area (Å²) in [6, 6.07) is 9.24. The molecule has 2 aromatic heterocycles. The maximum absolute atomic E-state index is 12.8. The molecule has 3 aromatic rings. The third kappa shape index (κ3) is 3.56. The molecular weight excluding hydrogens is 451 g/mol. The van der Waals surface area contributed by atoms with Gasteiger partial charge in [-0.25, -0.2) is 9.98 Å². The van der Waals surface area contributed by atoms with E-state index in [9.17, 15) is 4.79 Å². The van der Waals surface area contributed by atoms with Crippen molar-refractivity contribution in [3.63, 3.8) is 0 Å². The van der Waals surface area contributed by atoms with E-state index in [2.05, 4.69) is 15.1 Å². The number of benzene rings is 1. The van der Waals surface area contributed by atoms with Crippen molar-refractivity contribution >= 4 is 34.8 Å². The molecule has 0 bridgehead atoms. The van der Waals surface area contributed by atoms with Gasteiger partial charge in [0.05, 0.1) is 31.1 Å². The molecule has 8 nitrogen and oxygen atoms in total. The fourth-order valence-electron chi connectivity index (χ4n) is 4.54. The van der Waals surface area contributed by atoms with E-state index < -0.39 is 0 Å². The zero-order chi connectivity index (χ0) is 22.3. The first-order valence-electron chi connectivity index (χ1n) is 10.7. The number of rotatable bonds is 4. The highest BCUT2D eigenvalue weighted by molar-refractivity contribution is 6.34. The molecule has 32 heavy (non-hydrogen) atoms. The van der Waals surface area contributed by atoms with Crippen molar-refractivity contribution in [2.75, 3.05) is 26.3 Å². The Bertz CT molecular complexity index is 1240. The maximum atomic E-state index is 12.8. The third-order valence-electron chi connectivity index (χ3n) is 6.42. The highest BCUT2D eigenvalue weighted by Gasteiger charge is 2.45. The number of aromatic amines is 1. The van der Waals surface area contributed by atoms with Crippen LogP contribution >= 0.6 is 23.2 Å². The third-order valence-corrected chi connectivity index (χ3v) is 7.11. The van der Waals surface area contributed by atoms with Crippen molar-refractivity contribution in [1.29, 1.82) is 0 Å². The Labute approximate surface area is 195 Å². The van der Waals surface area contributed by atoms with Crippen LogP contribution in [0.15, 0.2) is 40.1 Å². The molecule has 0 radical (unpaired) electrons. The Balaban J connectivity index is 1.51. The lowest BCUT2D eigenvalue weighted by atomic mass is 9.62. The van der Waals surface area contributed by atoms with Crippen molar-refractivity contribution in [3.8, 4) is 0 Å². The van der Waals surface area contributed by atoms with Crippen LogP contribution in [0.4, 0.5) is 0 Å². The van der Waals surface area contributed by atoms with Gasteiger partial charge in [0, 0.05) is 29.6 Å². The summed E-state index contributed by atoms with van der Waals surface area (Å²) in [6.45, 7) is 2.83. The van der Waals surface area contributed by atoms with Crippen molar-refractivity contribution in [2.24, 2.45) is 10.7 Å². The Morgan fingerprint density at radius 1 is 1.25 bits per heavy atom. The zero-order valence-electron chi connectivity index (χ0n) is 17.5. The van der Waals surface area contributed by atoms with Gasteiger partial charge in [-0.15, -0.1) is 0 Å². The summed E-state index contributed by atoms with van der Waals surface area (Å²) in [6.07, 6.45) is 2.84. The quantitative estimate of drug-likeness (QED) is 0.447. The molecule has 0 atom stereocenters. The standard InChI is InChI=1S/C22H24Cl2N6O2/c23-16-5-2-1-4-15(16)22(6-3-7-22)19-18(24)20-27-14(12-17(31)30(20)28-19)13-26-21(25)29-8-10-32-11-9-29/h1-2,4-5,12,28H,3,6-11,13H2,(H2,25,26). The lowest BCUT2D eigenvalue weighted by Gasteiger charge is -2.42. The van der Waals surface area contributed by atoms with E-state index in [0.717, 1.165) is 30.5 Å². The van der Waals surface area contributed by atoms with Crippen LogP contribution in [0.1, 0.15) is 36.2 Å². The summed E-state index contributed by atoms with van der Waals surface area (Å²) in [5, 5.41) is 4.34. The molecule has 1 aliphatic carbocycles. The van der Waals surface area contributed by atoms with Gasteiger partial charge in [-0.05, 0) is 24.5 Å². The van der Waals surface area contributed by atoms with Crippen LogP contribution in [0.5, 0.6) is 0 Å². The molecule has 0 amide bonds. The van der Waals surface area contributed by atoms with Crippen LogP contribution < -0.4 is 11.3 Å². The van der Waals surface area contributed by atoms with Gasteiger partial charge in [0.25, 0.3) is 5.56 Å². The van der Waals surface area contributed by atoms with Gasteiger partial charge < -0.3 is 15.4 Å². The van der Waals surface area contributed by atoms with Gasteiger partial charge in [0.2, 0.25) is 0 Å². The number of ether oxygens (including phenoxy) is 1. The topological polar surface area (TPSA) is 101 Å². The van der Waals surface area contributed by atoms with E-state index in [0.29, 0.717) is 53.6 Å². The average Bonchev–Trinajstić information content (AvgIpc) is 3.11. The van der Waals surface area contributed by atoms with Crippen LogP contribution in [-0.4, -0.2) is 51.8 Å². The molecule has 3 N–H and O–H groups in total. The fourth-order valence-corrected chi connectivity index (χ4v) is 5.21. The summed E-state index contributed by atoms with van der Waals surface area (Å²) in [5.74, 6) is 0.420. The van der Waals surface area contributed by atoms with Crippen molar-refractivity contribution in [2.45, 2.75) is 31.2 Å². The van der Waals surface area contributed by atoms with Crippen LogP contribution in [0, 0.1) is 0 Å². The molecule has 1 aliphatic heterocycles. The van der Waals surface area contributed by atoms with E-state index in [1.165, 1.54) is 10.6 Å². The highest BCUT2D eigenvalue weighted by Crippen LogP contribution is 2.52. The number of hydrogen-bond donors (Lipinski definition) is 2. The summed E-state index contributed by atoms with van der Waals surface area (Å²) < 4.78 is 6.73. The number of nitrogens with two attached hydrogens (primary N) is 1. The Kier molecular flexibility index (Phi) is 5.61. The summed E-state index contributed by atoms with van der Waals surface area (Å²) >= 11 is 13.3. The molecule has 2 aliphatic rings. The van der Waals surface area contributed by atoms with E-state index >= 15 is 0 Å². The van der Waals surface area contributed by atoms with Crippen LogP contribution in [-0.2, 0) is 16.7 Å². The summed E-state index contributed by atoms with van der Waals surface area (Å²) in [4.78, 5) is 23.9. The molecular formula is C22H24Cl2N6O2. The molecule has 1 saturated heterocycles. The van der Waals surface area contributed by atoms with Crippen molar-refractivity contribution < 1.29 is 4.74 Å². The number of nitrogens with one attached hydrogen (secondary N) is 1. The molecule has 2 fully saturated rings. The van der Waals surface area contributed by atoms with E-state index in [1.54, 1.807) is 0 Å². The molecule has 1 saturated carbocycles. The molecule has 0 spiro atoms. The molecule has 168 valence electrons. The normalized spacial score (nSPS) is 18.7. The molecule has 0 unspecified atom stereocenters. The van der Waals surface area contributed by atoms with Gasteiger partial charge in [-0.2, -0.15) is 4.52 Å². The van der Waals surface area contributed by atoms with E-state index in [1.807, 2.05) is 29.2 Å². The van der Waals surface area contributed by atoms with Crippen LogP contribution in [0.3, 0.4) is 0 Å². The minimum absolute atomic E-state index is 0.196. The van der Waals surface area contributed by atoms with Gasteiger partial charge in [0.1, 0.15) is 5.02 Å². The number of aliphatic imine (C=N–C) groups is 1. The fraction of sp³-hybridized carbons (Fsp3) is 0.409. The lowest BCUT2D eigenvalue weighted by Crippen LogP contribution is -2.44. The summed E-state index contributed by atoms with van der Waals surface area (Å²) in [5.41, 5.74) is 8.20. The van der Waals surface area contributed by atoms with E-state index in [-0.39, 0.29) is 17.5 Å². The Morgan fingerprint density at radius 3 is 2.69 bits per heavy atom. The van der Waals surface area contributed by atoms with Crippen molar-refractivity contribution in [3.05, 3.63) is 67.7 Å². The predicted octanol–water partition coefficient (Wildman–Crippen LogP) is 2.95. The number of aromatic nitrogens is 3. The van der Waals surface area contributed by atoms with Gasteiger partial charge >= 0.3 is 0 Å². The first-order chi connectivity index (χ1) is 15.5. The SMILES string of the molecule is NC(=NCc1cc(=O)n2[nH]c(C3(c4ccccc4Cl)CCC3)c(Cl)c2n1)N1CCOCC1. The highest BCUT2D eigenvalue weighted by atomic mass is 35.5. The van der Waals surface area contributed by atoms with Gasteiger partial charge in [0.15, 0.2) is 11.6 Å². The minimum Gasteiger partial charge on any atom is -0.378 e. The summed E-state index contributed by atoms with van der Waals surface area (Å²) in [7, 11) is 0. The maximum Gasteiger partial charge on any atom is 0.273 e. The number of guanidine groups is 1. The molecule has 10 heteroatoms. The second-order valence-electron chi connectivity index (χ2n) is 8.23. The Hall–Kier alpha value is -2.55. The number of fused-ring (bicyclic) bond motifs is 1. The number of morpholine rings is 1. The van der Waals surface area contributed by atoms with Crippen LogP contribution in [0.25, 0.3) is 5.65 Å². The number of hydrogen-bond acceptors (Lipinski definition) is 4. The first kappa shape index (κ1) is 21.3. The molecule has 3 heterocycles. The van der Waals surface area contributed by atoms with E-state index in [4.69, 9.17) is 33.7 Å². The second kappa shape index (κ2) is 8.42. The number of halogens is 2. The Morgan fingerprint density at radius 2 is 2.00 bits per heavy atom. The lowest BCUT2D eigenvalue weighted by molar-refractivity contribution is 0.0674. The predicted molar refractivity (Wildman–Crippen MR) is 125 cm³/mol. The van der Waals surface area contributed by atoms with Crippen LogP contribution in [0.2, 0.25) is 10.0 Å². The molecule has 1 aromatic carbocycles. The molecule has 5 rings (SSSR count). The largest absolute Gasteiger partial charge is 0.378 e. The first-order valence-corrected chi connectivity index (χ1v) is 11.4. The zero-order valence-corrected chi connectivity index (χ0v) is 19.0. The number of H-pyrrole nitrogens is 1. The minimum atomic E-state index is -0.353. The smallest absolute Gasteiger partial charge is 0.273 e. The second-order valence-corrected chi connectivity index (χ2v) is 9.02. The van der Waals surface area contributed by atoms with Gasteiger partial charge in [-0.1, -0.05) is 47.8 Å². The van der Waals surface area contributed by atoms with Crippen molar-refractivity contribution in [1.82, 2.24) is 19.5 Å². The monoisotopic (exact) mass is 474 g/mol.